The van der Waals surface area contributed by atoms with Gasteiger partial charge in [-0.3, -0.25) is 0 Å². The van der Waals surface area contributed by atoms with E-state index in [4.69, 9.17) is 23.4 Å². The zero-order chi connectivity index (χ0) is 17.6. The average Bonchev–Trinajstić information content (AvgIpc) is 2.51. The number of benzene rings is 1. The van der Waals surface area contributed by atoms with E-state index in [1.165, 1.54) is 10.8 Å². The Morgan fingerprint density at radius 2 is 1.09 bits per heavy atom. The number of aryl methyl sites for hydroxylation is 1. The molecule has 0 N–H and O–H groups in total. The van der Waals surface area contributed by atoms with E-state index in [-0.39, 0.29) is 17.4 Å². The van der Waals surface area contributed by atoms with Crippen molar-refractivity contribution in [2.75, 3.05) is 14.2 Å². The largest absolute Gasteiger partial charge is 0 e. The van der Waals surface area contributed by atoms with Gasteiger partial charge in [0.1, 0.15) is 11.5 Å². The molecule has 1 rings (SSSR count). The van der Waals surface area contributed by atoms with E-state index in [2.05, 4.69) is 58.6 Å². The molecule has 1 aromatic rings. The van der Waals surface area contributed by atoms with Crippen molar-refractivity contribution in [2.24, 2.45) is 0 Å². The van der Waals surface area contributed by atoms with Crippen LogP contribution in [0.2, 0.25) is 19.6 Å². The van der Waals surface area contributed by atoms with Crippen LogP contribution in [0.15, 0.2) is 12.1 Å². The van der Waals surface area contributed by atoms with Crippen LogP contribution in [0.3, 0.4) is 0 Å². The van der Waals surface area contributed by atoms with Crippen LogP contribution in [0.5, 0.6) is 11.5 Å². The van der Waals surface area contributed by atoms with Gasteiger partial charge in [-0.2, -0.15) is 0 Å². The van der Waals surface area contributed by atoms with Crippen molar-refractivity contribution in [3.63, 3.8) is 0 Å². The van der Waals surface area contributed by atoms with Gasteiger partial charge in [0, 0.05) is 22.5 Å². The second-order valence-electron chi connectivity index (χ2n) is 4.79. The first-order valence-electron chi connectivity index (χ1n) is 5.74. The van der Waals surface area contributed by atoms with E-state index in [1.807, 2.05) is 0 Å². The normalized spacial score (nSPS) is 8.00. The zero-order valence-electron chi connectivity index (χ0n) is 13.6. The molecule has 0 aromatic heterocycles. The molecule has 0 bridgehead atoms. The van der Waals surface area contributed by atoms with Crippen LogP contribution in [0.25, 0.3) is 0 Å². The molecule has 0 aliphatic rings. The molecule has 0 amide bonds. The monoisotopic (exact) mass is 360 g/mol. The van der Waals surface area contributed by atoms with Crippen molar-refractivity contribution in [3.8, 4) is 11.5 Å². The maximum absolute atomic E-state index is 7.50. The fraction of sp³-hybridized carbons (Fsp3) is 0.400. The summed E-state index contributed by atoms with van der Waals surface area (Å²) >= 11 is 0. The number of methoxy groups -OCH3 is 2. The first-order chi connectivity index (χ1) is 9.90. The fourth-order valence-corrected chi connectivity index (χ4v) is 3.61. The third kappa shape index (κ3) is 9.68. The van der Waals surface area contributed by atoms with Crippen LogP contribution in [-0.2, 0) is 31.3 Å². The van der Waals surface area contributed by atoms with Crippen LogP contribution in [0.4, 0.5) is 0 Å². The minimum absolute atomic E-state index is 0. The summed E-state index contributed by atoms with van der Waals surface area (Å²) < 4.78 is 33.4. The van der Waals surface area contributed by atoms with Gasteiger partial charge >= 0.3 is 33.9 Å². The fourth-order valence-electron chi connectivity index (χ4n) is 1.78. The van der Waals surface area contributed by atoms with Crippen molar-refractivity contribution >= 4 is 13.3 Å². The van der Waals surface area contributed by atoms with Crippen molar-refractivity contribution < 1.29 is 40.8 Å². The summed E-state index contributed by atoms with van der Waals surface area (Å²) in [5, 5.41) is 1.26. The zero-order valence-corrected chi connectivity index (χ0v) is 15.9. The summed E-state index contributed by atoms with van der Waals surface area (Å²) in [4.78, 5) is 0. The Balaban J connectivity index is -0.000000206. The first-order valence-corrected chi connectivity index (χ1v) is 9.24. The minimum atomic E-state index is -1.44. The van der Waals surface area contributed by atoms with Gasteiger partial charge in [-0.25, -0.2) is 0 Å². The quantitative estimate of drug-likeness (QED) is 0.471. The third-order valence-corrected chi connectivity index (χ3v) is 4.39. The van der Waals surface area contributed by atoms with Crippen LogP contribution in [0.1, 0.15) is 5.56 Å². The molecule has 7 heteroatoms. The Bertz CT molecular complexity index is 436. The summed E-state index contributed by atoms with van der Waals surface area (Å²) in [6, 6.07) is 4.16. The summed E-state index contributed by atoms with van der Waals surface area (Å²) in [7, 11) is 2.00. The smallest absolute Gasteiger partial charge is 0 e. The molecule has 120 valence electrons. The summed E-state index contributed by atoms with van der Waals surface area (Å²) in [6.07, 6.45) is 0. The molecule has 0 fully saturated rings. The van der Waals surface area contributed by atoms with Gasteiger partial charge in [-0.05, 0) is 24.6 Å². The number of rotatable bonds is 3. The van der Waals surface area contributed by atoms with Gasteiger partial charge < -0.3 is 9.47 Å². The molecule has 0 heterocycles. The molecular weight excluding hydrogens is 340 g/mol. The van der Waals surface area contributed by atoms with E-state index >= 15 is 0 Å². The number of hydrogen-bond acceptors (Lipinski definition) is 2. The Kier molecular flexibility index (Phi) is 21.2. The predicted molar refractivity (Wildman–Crippen MR) is 79.1 cm³/mol. The van der Waals surface area contributed by atoms with Gasteiger partial charge in [0.15, 0.2) is 0 Å². The van der Waals surface area contributed by atoms with E-state index in [1.54, 1.807) is 14.2 Å². The van der Waals surface area contributed by atoms with E-state index in [0.717, 1.165) is 11.5 Å². The second-order valence-corrected chi connectivity index (χ2v) is 9.79. The molecule has 0 atom stereocenters. The predicted octanol–water partition coefficient (Wildman–Crippen LogP) is 2.44. The SMILES string of the molecule is COc1cc(C)cc(OC)c1[Si](C)(C)C.[C-]#[O+].[C-]#[O+].[C-]#[O+].[Cr]. The van der Waals surface area contributed by atoms with Crippen molar-refractivity contribution in [3.05, 3.63) is 37.6 Å². The molecule has 0 saturated heterocycles. The molecule has 0 spiro atoms. The van der Waals surface area contributed by atoms with Gasteiger partial charge in [-0.15, -0.1) is 0 Å². The summed E-state index contributed by atoms with van der Waals surface area (Å²) in [6.45, 7) is 22.4. The average molecular weight is 360 g/mol. The van der Waals surface area contributed by atoms with Gasteiger partial charge in [0.2, 0.25) is 0 Å². The van der Waals surface area contributed by atoms with Crippen molar-refractivity contribution in [1.29, 1.82) is 0 Å². The number of hydrogen-bond donors (Lipinski definition) is 0. The molecular formula is C15H20CrO5Si. The Labute approximate surface area is 144 Å². The topological polar surface area (TPSA) is 78.2 Å². The molecule has 0 unspecified atom stereocenters. The van der Waals surface area contributed by atoms with Crippen LogP contribution < -0.4 is 14.7 Å². The van der Waals surface area contributed by atoms with E-state index in [0.29, 0.717) is 0 Å². The standard InChI is InChI=1S/C12H20O2Si.3CO.Cr/c1-9-7-10(13-2)12(15(4,5)6)11(8-9)14-3;3*1-2;/h7-8H,1-6H3;;;;. The summed E-state index contributed by atoms with van der Waals surface area (Å²) in [5.41, 5.74) is 1.17. The molecule has 0 radical (unpaired) electrons. The third-order valence-electron chi connectivity index (χ3n) is 2.40. The van der Waals surface area contributed by atoms with Gasteiger partial charge in [-0.1, -0.05) is 19.6 Å². The second kappa shape index (κ2) is 16.2. The Morgan fingerprint density at radius 3 is 1.27 bits per heavy atom. The Hall–Kier alpha value is -1.21. The molecule has 22 heavy (non-hydrogen) atoms. The maximum Gasteiger partial charge on any atom is 0 e. The van der Waals surface area contributed by atoms with Gasteiger partial charge in [0.25, 0.3) is 0 Å². The number of ether oxygens (including phenoxy) is 2. The Morgan fingerprint density at radius 1 is 0.818 bits per heavy atom. The van der Waals surface area contributed by atoms with E-state index in [9.17, 15) is 0 Å². The van der Waals surface area contributed by atoms with Crippen molar-refractivity contribution in [1.82, 2.24) is 0 Å². The molecule has 0 aliphatic carbocycles. The maximum atomic E-state index is 7.50. The van der Waals surface area contributed by atoms with Crippen LogP contribution in [-0.4, -0.2) is 22.3 Å². The molecule has 0 aliphatic heterocycles. The van der Waals surface area contributed by atoms with Crippen LogP contribution >= 0.6 is 0 Å². The first kappa shape index (κ1) is 28.9. The van der Waals surface area contributed by atoms with Crippen LogP contribution in [0, 0.1) is 26.9 Å². The van der Waals surface area contributed by atoms with Gasteiger partial charge in [0.05, 0.1) is 22.3 Å². The minimum Gasteiger partial charge on any atom is 0 e. The van der Waals surface area contributed by atoms with E-state index < -0.39 is 8.07 Å². The summed E-state index contributed by atoms with van der Waals surface area (Å²) in [5.74, 6) is 1.93. The molecule has 0 saturated carbocycles. The van der Waals surface area contributed by atoms with Crippen molar-refractivity contribution in [2.45, 2.75) is 26.6 Å². The molecule has 1 aromatic carbocycles. The molecule has 5 nitrogen and oxygen atoms in total.